The predicted molar refractivity (Wildman–Crippen MR) is 249 cm³/mol. The zero-order chi connectivity index (χ0) is 40.3. The molecule has 12 rings (SSSR count). The molecule has 0 amide bonds. The van der Waals surface area contributed by atoms with E-state index < -0.39 is 0 Å². The maximum atomic E-state index is 5.11. The number of aromatic nitrogens is 5. The van der Waals surface area contributed by atoms with Gasteiger partial charge in [-0.15, -0.1) is 0 Å². The lowest BCUT2D eigenvalue weighted by molar-refractivity contribution is 0.823. The van der Waals surface area contributed by atoms with Crippen molar-refractivity contribution < 1.29 is 0 Å². The molecule has 1 aliphatic heterocycles. The molecule has 1 unspecified atom stereocenters. The van der Waals surface area contributed by atoms with Crippen LogP contribution in [0.3, 0.4) is 0 Å². The Labute approximate surface area is 352 Å². The number of hydrogen-bond donors (Lipinski definition) is 1. The molecule has 11 aromatic rings. The van der Waals surface area contributed by atoms with Crippen LogP contribution >= 0.6 is 0 Å². The molecule has 1 atom stereocenters. The van der Waals surface area contributed by atoms with Crippen LogP contribution in [-0.4, -0.2) is 24.1 Å². The Kier molecular flexibility index (Phi) is 8.09. The Balaban J connectivity index is 1.15. The molecule has 0 saturated carbocycles. The van der Waals surface area contributed by atoms with Crippen LogP contribution in [0.25, 0.3) is 78.2 Å². The van der Waals surface area contributed by atoms with Gasteiger partial charge in [-0.1, -0.05) is 164 Å². The van der Waals surface area contributed by atoms with E-state index in [9.17, 15) is 0 Å². The number of nitrogens with one attached hydrogen (secondary N) is 1. The molecule has 0 spiro atoms. The van der Waals surface area contributed by atoms with Crippen LogP contribution in [0, 0.1) is 0 Å². The van der Waals surface area contributed by atoms with Crippen molar-refractivity contribution in [1.82, 2.24) is 24.1 Å². The molecule has 7 heteroatoms. The van der Waals surface area contributed by atoms with Crippen molar-refractivity contribution in [3.63, 3.8) is 0 Å². The summed E-state index contributed by atoms with van der Waals surface area (Å²) in [5.41, 5.74) is 11.6. The van der Waals surface area contributed by atoms with Gasteiger partial charge < -0.3 is 14.8 Å². The van der Waals surface area contributed by atoms with Gasteiger partial charge in [-0.25, -0.2) is 15.0 Å². The van der Waals surface area contributed by atoms with Crippen LogP contribution in [0.15, 0.2) is 212 Å². The Bertz CT molecular complexity index is 3320. The fourth-order valence-corrected chi connectivity index (χ4v) is 9.07. The van der Waals surface area contributed by atoms with Crippen molar-refractivity contribution in [2.75, 3.05) is 10.2 Å². The summed E-state index contributed by atoms with van der Waals surface area (Å²) in [4.78, 5) is 17.7. The molecule has 3 aromatic heterocycles. The highest BCUT2D eigenvalue weighted by Crippen LogP contribution is 2.55. The van der Waals surface area contributed by atoms with Crippen LogP contribution in [0.2, 0.25) is 0 Å². The quantitative estimate of drug-likeness (QED) is 0.174. The fourth-order valence-electron chi connectivity index (χ4n) is 9.07. The van der Waals surface area contributed by atoms with Gasteiger partial charge in [0.05, 0.1) is 27.6 Å². The molecule has 4 heterocycles. The standard InChI is InChI=1S/C54H37N7/c1-6-19-36(20-7-1)50-55-51(37-21-8-2-9-22-37)57-52(56-50)39-25-18-30-42(35-39)59-45-32-17-16-31-43(45)44-33-34-46-47(48(44)59)49-54(60(46)40-26-12-4-13-27-40)58-53(38-23-10-3-11-24-38)61(49)41-28-14-5-15-29-41/h1-35,53,58H. The number of rotatable bonds is 7. The summed E-state index contributed by atoms with van der Waals surface area (Å²) < 4.78 is 4.82. The van der Waals surface area contributed by atoms with Gasteiger partial charge >= 0.3 is 0 Å². The normalized spacial score (nSPS) is 13.5. The van der Waals surface area contributed by atoms with Gasteiger partial charge in [-0.3, -0.25) is 4.57 Å². The second kappa shape index (κ2) is 14.2. The van der Waals surface area contributed by atoms with Crippen LogP contribution in [0.5, 0.6) is 0 Å². The Morgan fingerprint density at radius 3 is 1.57 bits per heavy atom. The zero-order valence-corrected chi connectivity index (χ0v) is 33.0. The van der Waals surface area contributed by atoms with E-state index in [2.05, 4.69) is 171 Å². The molecule has 8 aromatic carbocycles. The molecule has 288 valence electrons. The summed E-state index contributed by atoms with van der Waals surface area (Å²) >= 11 is 0. The minimum absolute atomic E-state index is 0.147. The first-order valence-electron chi connectivity index (χ1n) is 20.6. The molecule has 0 aliphatic carbocycles. The fraction of sp³-hybridized carbons (Fsp3) is 0.0185. The number of anilines is 3. The van der Waals surface area contributed by atoms with Gasteiger partial charge in [0.2, 0.25) is 0 Å². The third kappa shape index (κ3) is 5.70. The highest BCUT2D eigenvalue weighted by atomic mass is 15.4. The van der Waals surface area contributed by atoms with Crippen LogP contribution in [-0.2, 0) is 0 Å². The molecule has 0 radical (unpaired) electrons. The maximum Gasteiger partial charge on any atom is 0.164 e. The molecule has 61 heavy (non-hydrogen) atoms. The van der Waals surface area contributed by atoms with E-state index in [4.69, 9.17) is 15.0 Å². The van der Waals surface area contributed by atoms with Gasteiger partial charge in [-0.05, 0) is 54.1 Å². The van der Waals surface area contributed by atoms with Gasteiger partial charge in [0, 0.05) is 44.5 Å². The second-order valence-corrected chi connectivity index (χ2v) is 15.3. The average Bonchev–Trinajstić information content (AvgIpc) is 4.00. The highest BCUT2D eigenvalue weighted by molar-refractivity contribution is 6.24. The van der Waals surface area contributed by atoms with Crippen molar-refractivity contribution in [1.29, 1.82) is 0 Å². The molecule has 0 saturated heterocycles. The van der Waals surface area contributed by atoms with E-state index >= 15 is 0 Å². The first-order valence-corrected chi connectivity index (χ1v) is 20.6. The van der Waals surface area contributed by atoms with Crippen LogP contribution in [0.4, 0.5) is 17.2 Å². The van der Waals surface area contributed by atoms with Crippen LogP contribution in [0.1, 0.15) is 11.7 Å². The Morgan fingerprint density at radius 2 is 0.918 bits per heavy atom. The first kappa shape index (κ1) is 34.7. The molecule has 0 bridgehead atoms. The second-order valence-electron chi connectivity index (χ2n) is 15.3. The predicted octanol–water partition coefficient (Wildman–Crippen LogP) is 13.2. The van der Waals surface area contributed by atoms with Gasteiger partial charge in [-0.2, -0.15) is 0 Å². The third-order valence-corrected chi connectivity index (χ3v) is 11.7. The summed E-state index contributed by atoms with van der Waals surface area (Å²) in [7, 11) is 0. The van der Waals surface area contributed by atoms with Crippen molar-refractivity contribution in [3.8, 4) is 45.5 Å². The molecule has 7 nitrogen and oxygen atoms in total. The van der Waals surface area contributed by atoms with Gasteiger partial charge in [0.15, 0.2) is 17.5 Å². The molecule has 0 fully saturated rings. The van der Waals surface area contributed by atoms with Gasteiger partial charge in [0.25, 0.3) is 0 Å². The van der Waals surface area contributed by atoms with E-state index in [-0.39, 0.29) is 6.17 Å². The minimum atomic E-state index is -0.147. The lowest BCUT2D eigenvalue weighted by Gasteiger charge is -2.28. The monoisotopic (exact) mass is 783 g/mol. The third-order valence-electron chi connectivity index (χ3n) is 11.7. The first-order chi connectivity index (χ1) is 30.3. The summed E-state index contributed by atoms with van der Waals surface area (Å²) in [6.07, 6.45) is -0.147. The van der Waals surface area contributed by atoms with Crippen LogP contribution < -0.4 is 10.2 Å². The molecule has 1 aliphatic rings. The van der Waals surface area contributed by atoms with E-state index in [1.165, 1.54) is 16.3 Å². The lowest BCUT2D eigenvalue weighted by atomic mass is 10.1. The number of para-hydroxylation sites is 3. The van der Waals surface area contributed by atoms with E-state index in [1.54, 1.807) is 0 Å². The molecular formula is C54H37N7. The average molecular weight is 784 g/mol. The summed E-state index contributed by atoms with van der Waals surface area (Å²) in [6.45, 7) is 0. The van der Waals surface area contributed by atoms with E-state index in [1.807, 2.05) is 60.7 Å². The van der Waals surface area contributed by atoms with Crippen molar-refractivity contribution in [2.45, 2.75) is 6.17 Å². The SMILES string of the molecule is c1ccc(-c2nc(-c3ccccc3)nc(-c3cccc(-n4c5ccccc5c5ccc6c(c7c(n6-c6ccccc6)NC(c6ccccc6)N7c6ccccc6)c54)c3)n2)cc1. The van der Waals surface area contributed by atoms with Crippen molar-refractivity contribution in [3.05, 3.63) is 218 Å². The number of hydrogen-bond acceptors (Lipinski definition) is 5. The van der Waals surface area contributed by atoms with Gasteiger partial charge in [0.1, 0.15) is 12.0 Å². The van der Waals surface area contributed by atoms with Crippen molar-refractivity contribution in [2.24, 2.45) is 0 Å². The smallest absolute Gasteiger partial charge is 0.164 e. The minimum Gasteiger partial charge on any atom is -0.345 e. The zero-order valence-electron chi connectivity index (χ0n) is 33.0. The largest absolute Gasteiger partial charge is 0.345 e. The van der Waals surface area contributed by atoms with E-state index in [0.717, 1.165) is 67.2 Å². The topological polar surface area (TPSA) is 63.8 Å². The highest BCUT2D eigenvalue weighted by Gasteiger charge is 2.38. The van der Waals surface area contributed by atoms with E-state index in [0.29, 0.717) is 17.5 Å². The number of nitrogens with zero attached hydrogens (tertiary/aromatic N) is 6. The number of fused-ring (bicyclic) bond motifs is 7. The number of benzene rings is 8. The molecule has 1 N–H and O–H groups in total. The summed E-state index contributed by atoms with van der Waals surface area (Å²) in [5, 5.41) is 7.55. The maximum absolute atomic E-state index is 5.11. The molecular weight excluding hydrogens is 747 g/mol. The lowest BCUT2D eigenvalue weighted by Crippen LogP contribution is -2.24. The Morgan fingerprint density at radius 1 is 0.393 bits per heavy atom. The van der Waals surface area contributed by atoms with Crippen molar-refractivity contribution >= 4 is 49.9 Å². The Hall–Kier alpha value is -8.29. The summed E-state index contributed by atoms with van der Waals surface area (Å²) in [5.74, 6) is 2.92. The summed E-state index contributed by atoms with van der Waals surface area (Å²) in [6, 6.07) is 74.4.